The summed E-state index contributed by atoms with van der Waals surface area (Å²) >= 11 is 3.48. The number of aromatic amines is 1. The van der Waals surface area contributed by atoms with Crippen LogP contribution in [0.15, 0.2) is 59.2 Å². The Balaban J connectivity index is 0.00000342. The van der Waals surface area contributed by atoms with Gasteiger partial charge in [0.05, 0.1) is 0 Å². The topological polar surface area (TPSA) is 91.2 Å². The number of hydrogen-bond donors (Lipinski definition) is 3. The van der Waals surface area contributed by atoms with Crippen LogP contribution in [0.1, 0.15) is 55.7 Å². The van der Waals surface area contributed by atoms with E-state index >= 15 is 0 Å². The Labute approximate surface area is 221 Å². The van der Waals surface area contributed by atoms with E-state index in [-0.39, 0.29) is 43.2 Å². The van der Waals surface area contributed by atoms with E-state index < -0.39 is 6.04 Å². The zero-order valence-electron chi connectivity index (χ0n) is 19.8. The van der Waals surface area contributed by atoms with Crippen LogP contribution in [0, 0.1) is 0 Å². The minimum atomic E-state index is -0.695. The Kier molecular flexibility index (Phi) is 10.2. The first-order chi connectivity index (χ1) is 16.6. The second kappa shape index (κ2) is 13.1. The van der Waals surface area contributed by atoms with Gasteiger partial charge in [-0.15, -0.1) is 12.4 Å². The van der Waals surface area contributed by atoms with Gasteiger partial charge in [0.1, 0.15) is 6.04 Å². The van der Waals surface area contributed by atoms with Gasteiger partial charge in [0.25, 0.3) is 0 Å². The number of benzene rings is 2. The lowest BCUT2D eigenvalue weighted by atomic mass is 9.94. The van der Waals surface area contributed by atoms with Crippen LogP contribution < -0.4 is 11.1 Å². The van der Waals surface area contributed by atoms with Gasteiger partial charge in [-0.25, -0.2) is 0 Å². The lowest BCUT2D eigenvalue weighted by molar-refractivity contribution is -0.141. The average molecular weight is 562 g/mol. The molecular weight excluding hydrogens is 528 g/mol. The summed E-state index contributed by atoms with van der Waals surface area (Å²) in [5.74, 6) is -0.215. The quantitative estimate of drug-likeness (QED) is 0.333. The van der Waals surface area contributed by atoms with Crippen molar-refractivity contribution in [1.82, 2.24) is 15.2 Å². The van der Waals surface area contributed by atoms with Crippen LogP contribution in [0.4, 0.5) is 0 Å². The summed E-state index contributed by atoms with van der Waals surface area (Å²) in [6.45, 7) is 0.680. The number of aromatic nitrogens is 1. The summed E-state index contributed by atoms with van der Waals surface area (Å²) in [4.78, 5) is 32.0. The molecule has 4 N–H and O–H groups in total. The second-order valence-electron chi connectivity index (χ2n) is 9.03. The summed E-state index contributed by atoms with van der Waals surface area (Å²) in [5, 5.41) is 4.39. The van der Waals surface area contributed by atoms with Crippen molar-refractivity contribution in [3.8, 4) is 0 Å². The van der Waals surface area contributed by atoms with E-state index in [2.05, 4.69) is 32.3 Å². The number of amides is 2. The molecule has 1 unspecified atom stereocenters. The highest BCUT2D eigenvalue weighted by molar-refractivity contribution is 9.10. The number of nitrogens with two attached hydrogens (primary N) is 1. The van der Waals surface area contributed by atoms with E-state index in [1.807, 2.05) is 48.7 Å². The van der Waals surface area contributed by atoms with Gasteiger partial charge in [0, 0.05) is 47.1 Å². The fourth-order valence-corrected chi connectivity index (χ4v) is 5.15. The molecule has 4 rings (SSSR count). The van der Waals surface area contributed by atoms with Crippen LogP contribution in [0.2, 0.25) is 0 Å². The van der Waals surface area contributed by atoms with Crippen molar-refractivity contribution in [3.05, 3.63) is 70.3 Å². The van der Waals surface area contributed by atoms with Crippen LogP contribution in [0.3, 0.4) is 0 Å². The molecule has 1 saturated carbocycles. The first kappa shape index (κ1) is 27.2. The van der Waals surface area contributed by atoms with Crippen LogP contribution in [-0.4, -0.2) is 40.8 Å². The fraction of sp³-hybridized carbons (Fsp3) is 0.407. The van der Waals surface area contributed by atoms with E-state index in [1.54, 1.807) is 4.90 Å². The number of halogens is 2. The highest BCUT2D eigenvalue weighted by Gasteiger charge is 2.32. The first-order valence-corrected chi connectivity index (χ1v) is 13.0. The molecule has 1 heterocycles. The summed E-state index contributed by atoms with van der Waals surface area (Å²) in [5.41, 5.74) is 8.76. The monoisotopic (exact) mass is 560 g/mol. The average Bonchev–Trinajstić information content (AvgIpc) is 3.26. The molecule has 188 valence electrons. The number of carbonyl (C=O) groups is 2. The van der Waals surface area contributed by atoms with Gasteiger partial charge in [0.15, 0.2) is 0 Å². The molecule has 0 aliphatic heterocycles. The zero-order chi connectivity index (χ0) is 23.9. The Morgan fingerprint density at radius 1 is 1.09 bits per heavy atom. The van der Waals surface area contributed by atoms with E-state index in [4.69, 9.17) is 5.73 Å². The summed E-state index contributed by atoms with van der Waals surface area (Å²) < 4.78 is 0.932. The predicted octanol–water partition coefficient (Wildman–Crippen LogP) is 5.26. The predicted molar refractivity (Wildman–Crippen MR) is 147 cm³/mol. The van der Waals surface area contributed by atoms with Gasteiger partial charge in [-0.05, 0) is 48.6 Å². The van der Waals surface area contributed by atoms with Gasteiger partial charge >= 0.3 is 0 Å². The molecule has 1 atom stereocenters. The van der Waals surface area contributed by atoms with Crippen LogP contribution in [-0.2, 0) is 16.0 Å². The molecule has 0 bridgehead atoms. The molecule has 2 aromatic carbocycles. The maximum Gasteiger partial charge on any atom is 0.247 e. The Hall–Kier alpha value is -2.35. The molecular formula is C27H34BrClN4O2. The van der Waals surface area contributed by atoms with Crippen molar-refractivity contribution >= 4 is 51.1 Å². The van der Waals surface area contributed by atoms with Crippen molar-refractivity contribution in [1.29, 1.82) is 0 Å². The van der Waals surface area contributed by atoms with Crippen LogP contribution >= 0.6 is 28.3 Å². The third-order valence-electron chi connectivity index (χ3n) is 6.67. The Bertz CT molecular complexity index is 1110. The minimum Gasteiger partial charge on any atom is -0.361 e. The molecule has 2 amide bonds. The van der Waals surface area contributed by atoms with E-state index in [1.165, 1.54) is 6.42 Å². The number of H-pyrrole nitrogens is 1. The number of fused-ring (bicyclic) bond motifs is 1. The smallest absolute Gasteiger partial charge is 0.247 e. The molecule has 0 radical (unpaired) electrons. The molecule has 1 aliphatic carbocycles. The van der Waals surface area contributed by atoms with Crippen LogP contribution in [0.5, 0.6) is 0 Å². The van der Waals surface area contributed by atoms with Gasteiger partial charge in [-0.3, -0.25) is 9.59 Å². The second-order valence-corrected chi connectivity index (χ2v) is 9.95. The Morgan fingerprint density at radius 3 is 2.51 bits per heavy atom. The third kappa shape index (κ3) is 6.87. The number of nitrogens with one attached hydrogen (secondary N) is 2. The van der Waals surface area contributed by atoms with Crippen LogP contribution in [0.25, 0.3) is 10.9 Å². The van der Waals surface area contributed by atoms with Crippen molar-refractivity contribution in [2.75, 3.05) is 13.1 Å². The zero-order valence-corrected chi connectivity index (χ0v) is 22.2. The standard InChI is InChI=1S/C27H33BrN4O2.ClH/c28-21-12-10-19(11-13-21)26(27(34)31-22-6-2-1-3-7-22)32(25(33)14-16-29)17-15-20-18-30-24-9-5-4-8-23(20)24;/h4-5,8-13,18,22,26,30H,1-3,6-7,14-17,29H2,(H,31,34);1H. The molecule has 0 saturated heterocycles. The van der Waals surface area contributed by atoms with Crippen molar-refractivity contribution in [3.63, 3.8) is 0 Å². The SMILES string of the molecule is Cl.NCCC(=O)N(CCc1c[nH]c2ccccc12)C(C(=O)NC1CCCCC1)c1ccc(Br)cc1. The highest BCUT2D eigenvalue weighted by atomic mass is 79.9. The Morgan fingerprint density at radius 2 is 1.80 bits per heavy atom. The molecule has 3 aromatic rings. The fourth-order valence-electron chi connectivity index (χ4n) is 4.89. The lowest BCUT2D eigenvalue weighted by Gasteiger charge is -2.33. The molecule has 1 fully saturated rings. The molecule has 0 spiro atoms. The maximum atomic E-state index is 13.7. The first-order valence-electron chi connectivity index (χ1n) is 12.2. The number of nitrogens with zero attached hydrogens (tertiary/aromatic N) is 1. The lowest BCUT2D eigenvalue weighted by Crippen LogP contribution is -2.48. The van der Waals surface area contributed by atoms with Crippen molar-refractivity contribution in [2.45, 2.75) is 57.0 Å². The van der Waals surface area contributed by atoms with E-state index in [0.717, 1.165) is 52.2 Å². The largest absolute Gasteiger partial charge is 0.361 e. The van der Waals surface area contributed by atoms with E-state index in [9.17, 15) is 9.59 Å². The molecule has 8 heteroatoms. The number of rotatable bonds is 9. The van der Waals surface area contributed by atoms with Gasteiger partial charge in [-0.2, -0.15) is 0 Å². The minimum absolute atomic E-state index is 0. The number of hydrogen-bond acceptors (Lipinski definition) is 3. The third-order valence-corrected chi connectivity index (χ3v) is 7.20. The molecule has 1 aromatic heterocycles. The van der Waals surface area contributed by atoms with Gasteiger partial charge < -0.3 is 20.9 Å². The summed E-state index contributed by atoms with van der Waals surface area (Å²) in [6.07, 6.45) is 8.30. The van der Waals surface area contributed by atoms with Gasteiger partial charge in [-0.1, -0.05) is 65.5 Å². The molecule has 35 heavy (non-hydrogen) atoms. The normalized spacial score (nSPS) is 14.8. The molecule has 1 aliphatic rings. The van der Waals surface area contributed by atoms with Crippen molar-refractivity contribution in [2.24, 2.45) is 5.73 Å². The highest BCUT2D eigenvalue weighted by Crippen LogP contribution is 2.27. The maximum absolute atomic E-state index is 13.7. The van der Waals surface area contributed by atoms with E-state index in [0.29, 0.717) is 13.0 Å². The number of carbonyl (C=O) groups excluding carboxylic acids is 2. The summed E-state index contributed by atoms with van der Waals surface area (Å²) in [7, 11) is 0. The number of para-hydroxylation sites is 1. The molecule has 6 nitrogen and oxygen atoms in total. The van der Waals surface area contributed by atoms with Crippen molar-refractivity contribution < 1.29 is 9.59 Å². The summed E-state index contributed by atoms with van der Waals surface area (Å²) in [6, 6.07) is 15.3. The van der Waals surface area contributed by atoms with Gasteiger partial charge in [0.2, 0.25) is 11.8 Å².